The Morgan fingerprint density at radius 2 is 0.750 bits per heavy atom. The van der Waals surface area contributed by atoms with Crippen LogP contribution in [0, 0.1) is 0 Å². The average molecular weight is 240 g/mol. The monoisotopic (exact) mass is 238 g/mol. The molecule has 0 bridgehead atoms. The lowest BCUT2D eigenvalue weighted by molar-refractivity contribution is 0.623. The van der Waals surface area contributed by atoms with Gasteiger partial charge in [0.2, 0.25) is 0 Å². The summed E-state index contributed by atoms with van der Waals surface area (Å²) in [5.41, 5.74) is 10.6. The first-order chi connectivity index (χ1) is 4.41. The molecule has 0 rings (SSSR count). The van der Waals surface area contributed by atoms with E-state index in [0.29, 0.717) is 0 Å². The molecule has 0 aromatic rings. The van der Waals surface area contributed by atoms with Crippen molar-refractivity contribution in [3.8, 4) is 0 Å². The van der Waals surface area contributed by atoms with E-state index in [-0.39, 0.29) is 37.2 Å². The van der Waals surface area contributed by atoms with Gasteiger partial charge in [-0.15, -0.1) is 37.2 Å². The predicted molar refractivity (Wildman–Crippen MR) is 62.9 cm³/mol. The van der Waals surface area contributed by atoms with Crippen molar-refractivity contribution in [1.82, 2.24) is 0 Å². The first kappa shape index (κ1) is 23.0. The third-order valence-corrected chi connectivity index (χ3v) is 1.41. The highest BCUT2D eigenvalue weighted by Gasteiger charge is 1.85. The van der Waals surface area contributed by atoms with Crippen LogP contribution in [0.1, 0.15) is 32.1 Å². The van der Waals surface area contributed by atoms with Gasteiger partial charge < -0.3 is 11.5 Å². The lowest BCUT2D eigenvalue weighted by Gasteiger charge is -1.96. The van der Waals surface area contributed by atoms with Crippen LogP contribution >= 0.6 is 37.2 Å². The largest absolute Gasteiger partial charge is 0.330 e. The van der Waals surface area contributed by atoms with Crippen LogP contribution in [0.3, 0.4) is 0 Å². The highest BCUT2D eigenvalue weighted by molar-refractivity contribution is 5.86. The minimum absolute atomic E-state index is 0. The summed E-state index contributed by atoms with van der Waals surface area (Å²) in [5, 5.41) is 0. The van der Waals surface area contributed by atoms with E-state index >= 15 is 0 Å². The molecule has 0 radical (unpaired) electrons. The van der Waals surface area contributed by atoms with Gasteiger partial charge >= 0.3 is 0 Å². The molecule has 0 amide bonds. The van der Waals surface area contributed by atoms with Crippen molar-refractivity contribution in [2.45, 2.75) is 32.1 Å². The van der Waals surface area contributed by atoms with Crippen LogP contribution in [0.5, 0.6) is 0 Å². The summed E-state index contributed by atoms with van der Waals surface area (Å²) in [5.74, 6) is 0. The second kappa shape index (κ2) is 22.6. The number of rotatable bonds is 6. The van der Waals surface area contributed by atoms with Gasteiger partial charge in [-0.25, -0.2) is 0 Å². The van der Waals surface area contributed by atoms with E-state index in [9.17, 15) is 0 Å². The first-order valence-electron chi connectivity index (χ1n) is 3.82. The fraction of sp³-hybridized carbons (Fsp3) is 1.00. The van der Waals surface area contributed by atoms with Crippen LogP contribution < -0.4 is 11.5 Å². The molecular formula is C7H21Cl3N2. The van der Waals surface area contributed by atoms with E-state index < -0.39 is 0 Å². The van der Waals surface area contributed by atoms with Gasteiger partial charge in [0.05, 0.1) is 0 Å². The molecule has 12 heavy (non-hydrogen) atoms. The summed E-state index contributed by atoms with van der Waals surface area (Å²) >= 11 is 0. The summed E-state index contributed by atoms with van der Waals surface area (Å²) in [6, 6.07) is 0. The van der Waals surface area contributed by atoms with Crippen molar-refractivity contribution < 1.29 is 0 Å². The molecule has 0 saturated carbocycles. The Labute approximate surface area is 94.1 Å². The Morgan fingerprint density at radius 1 is 0.500 bits per heavy atom. The minimum atomic E-state index is 0. The maximum atomic E-state index is 5.32. The molecule has 4 N–H and O–H groups in total. The molecule has 80 valence electrons. The Kier molecular flexibility index (Phi) is 43.4. The second-order valence-electron chi connectivity index (χ2n) is 2.35. The first-order valence-corrected chi connectivity index (χ1v) is 3.82. The van der Waals surface area contributed by atoms with Crippen LogP contribution in [-0.2, 0) is 0 Å². The predicted octanol–water partition coefficient (Wildman–Crippen LogP) is 2.12. The Morgan fingerprint density at radius 3 is 1.00 bits per heavy atom. The molecule has 0 aromatic carbocycles. The van der Waals surface area contributed by atoms with E-state index in [1.807, 2.05) is 0 Å². The fourth-order valence-electron chi connectivity index (χ4n) is 0.819. The molecule has 0 atom stereocenters. The lowest BCUT2D eigenvalue weighted by Crippen LogP contribution is -1.99. The number of hydrogen-bond acceptors (Lipinski definition) is 2. The topological polar surface area (TPSA) is 52.0 Å². The van der Waals surface area contributed by atoms with Gasteiger partial charge in [0.15, 0.2) is 0 Å². The highest BCUT2D eigenvalue weighted by atomic mass is 35.5. The molecule has 2 nitrogen and oxygen atoms in total. The van der Waals surface area contributed by atoms with E-state index in [1.165, 1.54) is 32.1 Å². The quantitative estimate of drug-likeness (QED) is 0.698. The molecule has 0 fully saturated rings. The molecule has 0 heterocycles. The van der Waals surface area contributed by atoms with E-state index in [1.54, 1.807) is 0 Å². The van der Waals surface area contributed by atoms with Crippen LogP contribution in [0.25, 0.3) is 0 Å². The lowest BCUT2D eigenvalue weighted by atomic mass is 10.1. The third-order valence-electron chi connectivity index (χ3n) is 1.41. The summed E-state index contributed by atoms with van der Waals surface area (Å²) in [6.45, 7) is 1.67. The van der Waals surface area contributed by atoms with Gasteiger partial charge in [0, 0.05) is 0 Å². The summed E-state index contributed by atoms with van der Waals surface area (Å²) < 4.78 is 0. The summed E-state index contributed by atoms with van der Waals surface area (Å²) in [7, 11) is 0. The maximum absolute atomic E-state index is 5.32. The molecular weight excluding hydrogens is 218 g/mol. The van der Waals surface area contributed by atoms with Gasteiger partial charge in [0.1, 0.15) is 0 Å². The normalized spacial score (nSPS) is 7.50. The van der Waals surface area contributed by atoms with Crippen LogP contribution in [0.2, 0.25) is 0 Å². The van der Waals surface area contributed by atoms with Crippen molar-refractivity contribution in [3.05, 3.63) is 0 Å². The Balaban J connectivity index is -0.000000107. The molecule has 0 saturated heterocycles. The van der Waals surface area contributed by atoms with Crippen LogP contribution in [0.4, 0.5) is 0 Å². The molecule has 0 aliphatic rings. The van der Waals surface area contributed by atoms with Crippen LogP contribution in [0.15, 0.2) is 0 Å². The molecule has 5 heteroatoms. The third kappa shape index (κ3) is 22.4. The zero-order chi connectivity index (χ0) is 6.95. The number of nitrogens with two attached hydrogens (primary N) is 2. The van der Waals surface area contributed by atoms with Gasteiger partial charge in [-0.1, -0.05) is 19.3 Å². The number of hydrogen-bond donors (Lipinski definition) is 2. The maximum Gasteiger partial charge on any atom is -0.00773 e. The average Bonchev–Trinajstić information content (AvgIpc) is 1.89. The van der Waals surface area contributed by atoms with E-state index in [4.69, 9.17) is 11.5 Å². The van der Waals surface area contributed by atoms with Crippen molar-refractivity contribution in [2.75, 3.05) is 13.1 Å². The second-order valence-corrected chi connectivity index (χ2v) is 2.35. The van der Waals surface area contributed by atoms with Gasteiger partial charge in [0.25, 0.3) is 0 Å². The van der Waals surface area contributed by atoms with Crippen LogP contribution in [-0.4, -0.2) is 13.1 Å². The van der Waals surface area contributed by atoms with Crippen molar-refractivity contribution in [1.29, 1.82) is 0 Å². The summed E-state index contributed by atoms with van der Waals surface area (Å²) in [6.07, 6.45) is 6.19. The van der Waals surface area contributed by atoms with Gasteiger partial charge in [-0.2, -0.15) is 0 Å². The number of unbranched alkanes of at least 4 members (excludes halogenated alkanes) is 4. The molecule has 0 aliphatic carbocycles. The van der Waals surface area contributed by atoms with Gasteiger partial charge in [-0.05, 0) is 25.9 Å². The van der Waals surface area contributed by atoms with Gasteiger partial charge in [-0.3, -0.25) is 0 Å². The van der Waals surface area contributed by atoms with E-state index in [2.05, 4.69) is 0 Å². The Bertz CT molecular complexity index is 49.9. The summed E-state index contributed by atoms with van der Waals surface area (Å²) in [4.78, 5) is 0. The zero-order valence-electron chi connectivity index (χ0n) is 7.33. The standard InChI is InChI=1S/C7H18N2.3ClH/c8-6-4-2-1-3-5-7-9;;;/h1-9H2;3*1H. The zero-order valence-corrected chi connectivity index (χ0v) is 9.78. The smallest absolute Gasteiger partial charge is 0.00773 e. The van der Waals surface area contributed by atoms with E-state index in [0.717, 1.165) is 13.1 Å². The fourth-order valence-corrected chi connectivity index (χ4v) is 0.819. The molecule has 0 aromatic heterocycles. The molecule has 0 spiro atoms. The SMILES string of the molecule is Cl.Cl.Cl.NCCCCCCCN. The van der Waals surface area contributed by atoms with Crippen molar-refractivity contribution >= 4 is 37.2 Å². The van der Waals surface area contributed by atoms with Crippen molar-refractivity contribution in [3.63, 3.8) is 0 Å². The highest BCUT2D eigenvalue weighted by Crippen LogP contribution is 1.99. The van der Waals surface area contributed by atoms with Crippen molar-refractivity contribution in [2.24, 2.45) is 11.5 Å². The molecule has 0 aliphatic heterocycles. The number of halogens is 3. The minimum Gasteiger partial charge on any atom is -0.330 e. The Hall–Kier alpha value is 0.790. The molecule has 0 unspecified atom stereocenters.